The van der Waals surface area contributed by atoms with Crippen LogP contribution in [0.2, 0.25) is 0 Å². The predicted molar refractivity (Wildman–Crippen MR) is 98.7 cm³/mol. The van der Waals surface area contributed by atoms with Crippen molar-refractivity contribution in [3.63, 3.8) is 0 Å². The van der Waals surface area contributed by atoms with Gasteiger partial charge in [0.25, 0.3) is 15.8 Å². The Kier molecular flexibility index (Phi) is 5.38. The van der Waals surface area contributed by atoms with E-state index in [9.17, 15) is 13.2 Å². The zero-order valence-corrected chi connectivity index (χ0v) is 16.0. The number of hydrogen-bond donors (Lipinski definition) is 0. The van der Waals surface area contributed by atoms with Gasteiger partial charge in [-0.15, -0.1) is 11.3 Å². The van der Waals surface area contributed by atoms with Gasteiger partial charge in [-0.25, -0.2) is 4.68 Å². The summed E-state index contributed by atoms with van der Waals surface area (Å²) in [5.41, 5.74) is 0.672. The molecule has 0 amide bonds. The van der Waals surface area contributed by atoms with Crippen LogP contribution in [0.15, 0.2) is 34.4 Å². The second-order valence-corrected chi connectivity index (χ2v) is 9.44. The van der Waals surface area contributed by atoms with Crippen molar-refractivity contribution in [1.82, 2.24) is 18.4 Å². The van der Waals surface area contributed by atoms with Crippen molar-refractivity contribution in [1.29, 1.82) is 0 Å². The second kappa shape index (κ2) is 7.36. The van der Waals surface area contributed by atoms with E-state index in [0.29, 0.717) is 19.6 Å². The molecular formula is C16H22N4O3S2. The first kappa shape index (κ1) is 18.2. The Balaban J connectivity index is 1.68. The molecular weight excluding hydrogens is 360 g/mol. The van der Waals surface area contributed by atoms with E-state index in [2.05, 4.69) is 5.10 Å². The van der Waals surface area contributed by atoms with E-state index in [1.54, 1.807) is 37.6 Å². The van der Waals surface area contributed by atoms with Gasteiger partial charge in [-0.2, -0.15) is 22.1 Å². The van der Waals surface area contributed by atoms with Gasteiger partial charge >= 0.3 is 0 Å². The van der Waals surface area contributed by atoms with Crippen molar-refractivity contribution in [2.45, 2.75) is 19.4 Å². The molecule has 2 aromatic rings. The van der Waals surface area contributed by atoms with E-state index in [-0.39, 0.29) is 11.5 Å². The molecule has 9 heteroatoms. The van der Waals surface area contributed by atoms with Gasteiger partial charge in [-0.05, 0) is 36.3 Å². The summed E-state index contributed by atoms with van der Waals surface area (Å²) in [5.74, 6) is 0.248. The van der Waals surface area contributed by atoms with Crippen LogP contribution >= 0.6 is 11.3 Å². The van der Waals surface area contributed by atoms with Crippen LogP contribution in [-0.4, -0.2) is 54.0 Å². The lowest BCUT2D eigenvalue weighted by Crippen LogP contribution is -2.45. The number of piperidine rings is 1. The molecule has 2 aromatic heterocycles. The first-order chi connectivity index (χ1) is 11.9. The maximum absolute atomic E-state index is 12.2. The Hall–Kier alpha value is -1.55. The monoisotopic (exact) mass is 382 g/mol. The van der Waals surface area contributed by atoms with E-state index in [1.165, 1.54) is 13.3 Å². The normalized spacial score (nSPS) is 17.2. The highest BCUT2D eigenvalue weighted by Crippen LogP contribution is 2.23. The van der Waals surface area contributed by atoms with Crippen LogP contribution in [0.5, 0.6) is 0 Å². The average Bonchev–Trinajstić information content (AvgIpc) is 3.12. The second-order valence-electron chi connectivity index (χ2n) is 6.35. The lowest BCUT2D eigenvalue weighted by Gasteiger charge is -2.32. The highest BCUT2D eigenvalue weighted by molar-refractivity contribution is 7.86. The van der Waals surface area contributed by atoms with Gasteiger partial charge < -0.3 is 0 Å². The standard InChI is InChI=1S/C16H22N4O3S2/c1-18(2)25(22,23)19-9-7-13(8-10-19)12-20-16(21)6-5-14(17-20)15-4-3-11-24-15/h3-6,11,13H,7-10,12H2,1-2H3. The fourth-order valence-corrected chi connectivity index (χ4v) is 4.76. The third kappa shape index (κ3) is 4.00. The van der Waals surface area contributed by atoms with Crippen LogP contribution in [0, 0.1) is 5.92 Å². The topological polar surface area (TPSA) is 75.5 Å². The summed E-state index contributed by atoms with van der Waals surface area (Å²) in [6.45, 7) is 1.48. The van der Waals surface area contributed by atoms with Crippen molar-refractivity contribution in [3.8, 4) is 10.6 Å². The van der Waals surface area contributed by atoms with Crippen molar-refractivity contribution < 1.29 is 8.42 Å². The molecule has 0 saturated carbocycles. The summed E-state index contributed by atoms with van der Waals surface area (Å²) in [4.78, 5) is 13.1. The molecule has 0 aliphatic carbocycles. The summed E-state index contributed by atoms with van der Waals surface area (Å²) < 4.78 is 28.6. The average molecular weight is 383 g/mol. The van der Waals surface area contributed by atoms with Gasteiger partial charge in [0.2, 0.25) is 0 Å². The largest absolute Gasteiger partial charge is 0.281 e. The molecule has 1 fully saturated rings. The van der Waals surface area contributed by atoms with E-state index in [4.69, 9.17) is 0 Å². The van der Waals surface area contributed by atoms with E-state index >= 15 is 0 Å². The Labute approximate surface area is 151 Å². The zero-order chi connectivity index (χ0) is 18.0. The van der Waals surface area contributed by atoms with Gasteiger partial charge in [0, 0.05) is 39.8 Å². The van der Waals surface area contributed by atoms with Crippen molar-refractivity contribution in [2.24, 2.45) is 5.92 Å². The lowest BCUT2D eigenvalue weighted by atomic mass is 9.98. The number of thiophene rings is 1. The lowest BCUT2D eigenvalue weighted by molar-refractivity contribution is 0.237. The summed E-state index contributed by atoms with van der Waals surface area (Å²) in [6.07, 6.45) is 1.45. The summed E-state index contributed by atoms with van der Waals surface area (Å²) in [6, 6.07) is 7.23. The molecule has 136 valence electrons. The highest BCUT2D eigenvalue weighted by atomic mass is 32.2. The summed E-state index contributed by atoms with van der Waals surface area (Å²) >= 11 is 1.59. The van der Waals surface area contributed by atoms with Gasteiger partial charge in [0.15, 0.2) is 0 Å². The van der Waals surface area contributed by atoms with Crippen LogP contribution < -0.4 is 5.56 Å². The fraction of sp³-hybridized carbons (Fsp3) is 0.500. The third-order valence-corrected chi connectivity index (χ3v) is 7.27. The number of hydrogen-bond acceptors (Lipinski definition) is 5. The molecule has 1 saturated heterocycles. The minimum absolute atomic E-state index is 0.122. The molecule has 0 radical (unpaired) electrons. The van der Waals surface area contributed by atoms with Crippen LogP contribution in [-0.2, 0) is 16.8 Å². The van der Waals surface area contributed by atoms with Crippen molar-refractivity contribution in [3.05, 3.63) is 40.0 Å². The van der Waals surface area contributed by atoms with Gasteiger partial charge in [-0.1, -0.05) is 6.07 Å². The first-order valence-electron chi connectivity index (χ1n) is 8.17. The Bertz CT molecular complexity index is 867. The Morgan fingerprint density at radius 1 is 1.24 bits per heavy atom. The van der Waals surface area contributed by atoms with Gasteiger partial charge in [-0.3, -0.25) is 4.79 Å². The quantitative estimate of drug-likeness (QED) is 0.785. The zero-order valence-electron chi connectivity index (χ0n) is 14.3. The van der Waals surface area contributed by atoms with E-state index in [1.807, 2.05) is 17.5 Å². The molecule has 0 spiro atoms. The summed E-state index contributed by atoms with van der Waals surface area (Å²) in [7, 11) is -0.272. The van der Waals surface area contributed by atoms with Crippen LogP contribution in [0.3, 0.4) is 0 Å². The number of rotatable bonds is 5. The van der Waals surface area contributed by atoms with Crippen LogP contribution in [0.1, 0.15) is 12.8 Å². The predicted octanol–water partition coefficient (Wildman–Crippen LogP) is 1.49. The Morgan fingerprint density at radius 3 is 2.56 bits per heavy atom. The SMILES string of the molecule is CN(C)S(=O)(=O)N1CCC(Cn2nc(-c3cccs3)ccc2=O)CC1. The molecule has 0 aromatic carbocycles. The highest BCUT2D eigenvalue weighted by Gasteiger charge is 2.29. The van der Waals surface area contributed by atoms with E-state index in [0.717, 1.165) is 23.4 Å². The molecule has 0 bridgehead atoms. The van der Waals surface area contributed by atoms with Crippen molar-refractivity contribution >= 4 is 21.5 Å². The molecule has 1 aliphatic heterocycles. The molecule has 1 aliphatic rings. The maximum atomic E-state index is 12.2. The van der Waals surface area contributed by atoms with E-state index < -0.39 is 10.2 Å². The molecule has 3 heterocycles. The number of aromatic nitrogens is 2. The fourth-order valence-electron chi connectivity index (χ4n) is 2.93. The smallest absolute Gasteiger partial charge is 0.268 e. The first-order valence-corrected chi connectivity index (χ1v) is 10.5. The minimum atomic E-state index is -3.36. The molecule has 0 unspecified atom stereocenters. The van der Waals surface area contributed by atoms with Crippen molar-refractivity contribution in [2.75, 3.05) is 27.2 Å². The van der Waals surface area contributed by atoms with Crippen LogP contribution in [0.25, 0.3) is 10.6 Å². The molecule has 7 nitrogen and oxygen atoms in total. The van der Waals surface area contributed by atoms with Gasteiger partial charge in [0.05, 0.1) is 4.88 Å². The summed E-state index contributed by atoms with van der Waals surface area (Å²) in [5, 5.41) is 6.46. The van der Waals surface area contributed by atoms with Crippen LogP contribution in [0.4, 0.5) is 0 Å². The Morgan fingerprint density at radius 2 is 1.96 bits per heavy atom. The minimum Gasteiger partial charge on any atom is -0.268 e. The van der Waals surface area contributed by atoms with Gasteiger partial charge in [0.1, 0.15) is 5.69 Å². The molecule has 3 rings (SSSR count). The number of nitrogens with zero attached hydrogens (tertiary/aromatic N) is 4. The molecule has 0 atom stereocenters. The molecule has 0 N–H and O–H groups in total. The maximum Gasteiger partial charge on any atom is 0.281 e. The third-order valence-electron chi connectivity index (χ3n) is 4.43. The molecule has 25 heavy (non-hydrogen) atoms.